The molecule has 0 unspecified atom stereocenters. The van der Waals surface area contributed by atoms with Crippen molar-refractivity contribution in [3.8, 4) is 5.75 Å². The zero-order chi connectivity index (χ0) is 21.8. The summed E-state index contributed by atoms with van der Waals surface area (Å²) in [5, 5.41) is 4.11. The first-order valence-electron chi connectivity index (χ1n) is 9.89. The molecule has 31 heavy (non-hydrogen) atoms. The van der Waals surface area contributed by atoms with Crippen molar-refractivity contribution in [2.45, 2.75) is 20.0 Å². The summed E-state index contributed by atoms with van der Waals surface area (Å²) in [6.07, 6.45) is 1.98. The lowest BCUT2D eigenvalue weighted by molar-refractivity contribution is -0.111. The van der Waals surface area contributed by atoms with Crippen LogP contribution in [-0.2, 0) is 4.79 Å². The van der Waals surface area contributed by atoms with Gasteiger partial charge in [0.1, 0.15) is 5.75 Å². The molecule has 0 aliphatic carbocycles. The number of anilines is 1. The Morgan fingerprint density at radius 2 is 1.81 bits per heavy atom. The highest BCUT2D eigenvalue weighted by atomic mass is 35.5. The number of hydrogen-bond acceptors (Lipinski definition) is 4. The molecule has 0 radical (unpaired) electrons. The molecule has 1 N–H and O–H groups in total. The molecular formula is C25H21ClN2O2S. The third-order valence-electron chi connectivity index (χ3n) is 4.46. The molecule has 0 fully saturated rings. The van der Waals surface area contributed by atoms with Crippen LogP contribution in [0.25, 0.3) is 21.9 Å². The highest BCUT2D eigenvalue weighted by molar-refractivity contribution is 7.22. The number of benzene rings is 3. The SMILES string of the molecule is CC(C)Oc1ccc(/C=C(/C(=O)Nc2nc3ccc(Cl)cc3s2)c2ccccc2)cc1. The number of fused-ring (bicyclic) bond motifs is 1. The van der Waals surface area contributed by atoms with E-state index in [1.807, 2.05) is 86.7 Å². The first kappa shape index (κ1) is 21.1. The number of hydrogen-bond donors (Lipinski definition) is 1. The maximum atomic E-state index is 13.2. The number of nitrogens with one attached hydrogen (secondary N) is 1. The van der Waals surface area contributed by atoms with Crippen LogP contribution < -0.4 is 10.1 Å². The van der Waals surface area contributed by atoms with Crippen molar-refractivity contribution in [3.05, 3.63) is 88.9 Å². The van der Waals surface area contributed by atoms with Crippen LogP contribution in [0.2, 0.25) is 5.02 Å². The smallest absolute Gasteiger partial charge is 0.258 e. The predicted octanol–water partition coefficient (Wildman–Crippen LogP) is 6.92. The van der Waals surface area contributed by atoms with Crippen molar-refractivity contribution in [2.75, 3.05) is 5.32 Å². The average Bonchev–Trinajstić information content (AvgIpc) is 3.14. The summed E-state index contributed by atoms with van der Waals surface area (Å²) < 4.78 is 6.63. The fraction of sp³-hybridized carbons (Fsp3) is 0.120. The average molecular weight is 449 g/mol. The van der Waals surface area contributed by atoms with Gasteiger partial charge in [0.15, 0.2) is 5.13 Å². The lowest BCUT2D eigenvalue weighted by atomic mass is 10.0. The van der Waals surface area contributed by atoms with Crippen molar-refractivity contribution in [2.24, 2.45) is 0 Å². The van der Waals surface area contributed by atoms with Gasteiger partial charge in [0.25, 0.3) is 5.91 Å². The Morgan fingerprint density at radius 1 is 1.06 bits per heavy atom. The Bertz CT molecular complexity index is 1230. The second kappa shape index (κ2) is 9.33. The van der Waals surface area contributed by atoms with E-state index in [-0.39, 0.29) is 12.0 Å². The molecule has 1 aromatic heterocycles. The van der Waals surface area contributed by atoms with Gasteiger partial charge in [-0.1, -0.05) is 65.4 Å². The minimum atomic E-state index is -0.223. The van der Waals surface area contributed by atoms with Gasteiger partial charge < -0.3 is 4.74 Å². The van der Waals surface area contributed by atoms with E-state index in [0.717, 1.165) is 27.1 Å². The number of carbonyl (C=O) groups is 1. The van der Waals surface area contributed by atoms with Gasteiger partial charge in [-0.3, -0.25) is 10.1 Å². The molecule has 0 saturated heterocycles. The minimum Gasteiger partial charge on any atom is -0.491 e. The van der Waals surface area contributed by atoms with Crippen LogP contribution in [0, 0.1) is 0 Å². The standard InChI is InChI=1S/C25H21ClN2O2S/c1-16(2)30-20-11-8-17(9-12-20)14-21(18-6-4-3-5-7-18)24(29)28-25-27-22-13-10-19(26)15-23(22)31-25/h3-16H,1-2H3,(H,27,28,29)/b21-14+. The molecule has 0 bridgehead atoms. The third kappa shape index (κ3) is 5.32. The molecule has 6 heteroatoms. The van der Waals surface area contributed by atoms with Crippen molar-refractivity contribution < 1.29 is 9.53 Å². The second-order valence-electron chi connectivity index (χ2n) is 7.24. The number of halogens is 1. The zero-order valence-corrected chi connectivity index (χ0v) is 18.7. The molecular weight excluding hydrogens is 428 g/mol. The minimum absolute atomic E-state index is 0.107. The highest BCUT2D eigenvalue weighted by Gasteiger charge is 2.15. The summed E-state index contributed by atoms with van der Waals surface area (Å²) >= 11 is 7.46. The number of ether oxygens (including phenoxy) is 1. The number of rotatable bonds is 6. The summed E-state index contributed by atoms with van der Waals surface area (Å²) in [5.74, 6) is 0.574. The quantitative estimate of drug-likeness (QED) is 0.257. The normalized spacial score (nSPS) is 11.7. The fourth-order valence-corrected chi connectivity index (χ4v) is 4.23. The van der Waals surface area contributed by atoms with E-state index in [2.05, 4.69) is 10.3 Å². The van der Waals surface area contributed by atoms with E-state index in [4.69, 9.17) is 16.3 Å². The Balaban J connectivity index is 1.64. The predicted molar refractivity (Wildman–Crippen MR) is 130 cm³/mol. The first-order valence-corrected chi connectivity index (χ1v) is 11.1. The molecule has 0 aliphatic heterocycles. The van der Waals surface area contributed by atoms with Crippen molar-refractivity contribution in [1.29, 1.82) is 0 Å². The maximum absolute atomic E-state index is 13.2. The van der Waals surface area contributed by atoms with Gasteiger partial charge in [-0.25, -0.2) is 4.98 Å². The van der Waals surface area contributed by atoms with E-state index >= 15 is 0 Å². The van der Waals surface area contributed by atoms with Crippen molar-refractivity contribution >= 4 is 55.8 Å². The van der Waals surface area contributed by atoms with E-state index in [1.165, 1.54) is 11.3 Å². The first-order chi connectivity index (χ1) is 15.0. The molecule has 4 nitrogen and oxygen atoms in total. The molecule has 0 saturated carbocycles. The van der Waals surface area contributed by atoms with Gasteiger partial charge in [0.05, 0.1) is 16.3 Å². The largest absolute Gasteiger partial charge is 0.491 e. The molecule has 4 rings (SSSR count). The number of thiazole rings is 1. The monoisotopic (exact) mass is 448 g/mol. The van der Waals surface area contributed by atoms with Gasteiger partial charge in [0, 0.05) is 10.6 Å². The summed E-state index contributed by atoms with van der Waals surface area (Å²) in [7, 11) is 0. The van der Waals surface area contributed by atoms with E-state index in [9.17, 15) is 4.79 Å². The van der Waals surface area contributed by atoms with Gasteiger partial charge in [0.2, 0.25) is 0 Å². The lowest BCUT2D eigenvalue weighted by Gasteiger charge is -2.10. The Kier molecular flexibility index (Phi) is 6.35. The molecule has 0 aliphatic rings. The summed E-state index contributed by atoms with van der Waals surface area (Å²) in [6.45, 7) is 3.98. The Hall–Kier alpha value is -3.15. The van der Waals surface area contributed by atoms with Crippen LogP contribution in [0.15, 0.2) is 72.8 Å². The number of nitrogens with zero attached hydrogens (tertiary/aromatic N) is 1. The van der Waals surface area contributed by atoms with Crippen LogP contribution in [0.4, 0.5) is 5.13 Å². The zero-order valence-electron chi connectivity index (χ0n) is 17.1. The molecule has 156 valence electrons. The molecule has 0 atom stereocenters. The molecule has 3 aromatic carbocycles. The topological polar surface area (TPSA) is 51.2 Å². The Morgan fingerprint density at radius 3 is 2.52 bits per heavy atom. The number of carbonyl (C=O) groups excluding carboxylic acids is 1. The van der Waals surface area contributed by atoms with Crippen molar-refractivity contribution in [3.63, 3.8) is 0 Å². The molecule has 0 spiro atoms. The maximum Gasteiger partial charge on any atom is 0.258 e. The molecule has 1 amide bonds. The second-order valence-corrected chi connectivity index (χ2v) is 8.71. The summed E-state index contributed by atoms with van der Waals surface area (Å²) in [5.41, 5.74) is 3.08. The van der Waals surface area contributed by atoms with Gasteiger partial charge in [-0.15, -0.1) is 0 Å². The van der Waals surface area contributed by atoms with Crippen LogP contribution in [-0.4, -0.2) is 17.0 Å². The van der Waals surface area contributed by atoms with Crippen LogP contribution in [0.1, 0.15) is 25.0 Å². The number of aromatic nitrogens is 1. The van der Waals surface area contributed by atoms with Gasteiger partial charge in [-0.2, -0.15) is 0 Å². The molecule has 1 heterocycles. The summed E-state index contributed by atoms with van der Waals surface area (Å²) in [4.78, 5) is 17.7. The lowest BCUT2D eigenvalue weighted by Crippen LogP contribution is -2.13. The highest BCUT2D eigenvalue weighted by Crippen LogP contribution is 2.29. The summed E-state index contributed by atoms with van der Waals surface area (Å²) in [6, 6.07) is 22.8. The number of amides is 1. The Labute approximate surface area is 190 Å². The van der Waals surface area contributed by atoms with Crippen molar-refractivity contribution in [1.82, 2.24) is 4.98 Å². The van der Waals surface area contributed by atoms with Gasteiger partial charge >= 0.3 is 0 Å². The van der Waals surface area contributed by atoms with E-state index in [1.54, 1.807) is 6.07 Å². The van der Waals surface area contributed by atoms with E-state index < -0.39 is 0 Å². The third-order valence-corrected chi connectivity index (χ3v) is 5.63. The van der Waals surface area contributed by atoms with Crippen LogP contribution >= 0.6 is 22.9 Å². The van der Waals surface area contributed by atoms with Crippen LogP contribution in [0.5, 0.6) is 5.75 Å². The van der Waals surface area contributed by atoms with E-state index in [0.29, 0.717) is 15.7 Å². The van der Waals surface area contributed by atoms with Crippen LogP contribution in [0.3, 0.4) is 0 Å². The van der Waals surface area contributed by atoms with Gasteiger partial charge in [-0.05, 0) is 61.4 Å². The fourth-order valence-electron chi connectivity index (χ4n) is 3.10. The molecule has 4 aromatic rings.